The second-order valence-electron chi connectivity index (χ2n) is 9.41. The SMILES string of the molecule is O=C(Nc1ccc([C@@H]2C[C@H]2NC2CCNC(c3ccccc3)C2)cc1)c1cccc(C(F)(F)F)c1. The van der Waals surface area contributed by atoms with Gasteiger partial charge in [-0.1, -0.05) is 48.5 Å². The Bertz CT molecular complexity index is 1160. The van der Waals surface area contributed by atoms with Crippen LogP contribution in [0.15, 0.2) is 78.9 Å². The predicted octanol–water partition coefficient (Wildman–Crippen LogP) is 5.90. The zero-order valence-electron chi connectivity index (χ0n) is 19.2. The van der Waals surface area contributed by atoms with Gasteiger partial charge in [0.1, 0.15) is 0 Å². The molecule has 0 bridgehead atoms. The fourth-order valence-corrected chi connectivity index (χ4v) is 4.91. The van der Waals surface area contributed by atoms with Crippen LogP contribution in [0.1, 0.15) is 58.3 Å². The van der Waals surface area contributed by atoms with E-state index >= 15 is 0 Å². The molecular formula is C28H28F3N3O. The summed E-state index contributed by atoms with van der Waals surface area (Å²) >= 11 is 0. The molecule has 2 fully saturated rings. The monoisotopic (exact) mass is 479 g/mol. The Hall–Kier alpha value is -3.16. The fourth-order valence-electron chi connectivity index (χ4n) is 4.91. The summed E-state index contributed by atoms with van der Waals surface area (Å²) in [5.41, 5.74) is 2.23. The second-order valence-corrected chi connectivity index (χ2v) is 9.41. The lowest BCUT2D eigenvalue weighted by Crippen LogP contribution is -2.43. The maximum absolute atomic E-state index is 12.9. The van der Waals surface area contributed by atoms with Crippen LogP contribution in [0, 0.1) is 0 Å². The van der Waals surface area contributed by atoms with Crippen molar-refractivity contribution in [1.29, 1.82) is 0 Å². The van der Waals surface area contributed by atoms with Crippen molar-refractivity contribution in [2.24, 2.45) is 0 Å². The van der Waals surface area contributed by atoms with Crippen LogP contribution in [0.5, 0.6) is 0 Å². The van der Waals surface area contributed by atoms with Gasteiger partial charge in [0.05, 0.1) is 5.56 Å². The summed E-state index contributed by atoms with van der Waals surface area (Å²) in [5.74, 6) is -0.123. The number of benzene rings is 3. The van der Waals surface area contributed by atoms with E-state index in [0.29, 0.717) is 29.7 Å². The molecule has 0 radical (unpaired) electrons. The smallest absolute Gasteiger partial charge is 0.322 e. The Morgan fingerprint density at radius 3 is 2.40 bits per heavy atom. The second kappa shape index (κ2) is 9.84. The van der Waals surface area contributed by atoms with Gasteiger partial charge in [-0.15, -0.1) is 0 Å². The van der Waals surface area contributed by atoms with Crippen molar-refractivity contribution >= 4 is 11.6 Å². The average Bonchev–Trinajstić information content (AvgIpc) is 3.63. The van der Waals surface area contributed by atoms with Crippen LogP contribution in [0.4, 0.5) is 18.9 Å². The van der Waals surface area contributed by atoms with Gasteiger partial charge in [-0.05, 0) is 67.3 Å². The van der Waals surface area contributed by atoms with Crippen LogP contribution in [0.2, 0.25) is 0 Å². The Balaban J connectivity index is 1.14. The zero-order valence-corrected chi connectivity index (χ0v) is 19.2. The van der Waals surface area contributed by atoms with E-state index in [1.165, 1.54) is 23.3 Å². The standard InChI is InChI=1S/C28H28F3N3O/c29-28(30,31)21-8-4-7-20(15-21)27(35)34-22-11-9-18(10-12-22)24-17-26(24)33-23-13-14-32-25(16-23)19-5-2-1-3-6-19/h1-12,15,23-26,32-33H,13-14,16-17H2,(H,34,35)/t23?,24-,25?,26+/m0/s1. The van der Waals surface area contributed by atoms with Gasteiger partial charge in [0.25, 0.3) is 5.91 Å². The van der Waals surface area contributed by atoms with Crippen molar-refractivity contribution in [3.05, 3.63) is 101 Å². The number of nitrogens with one attached hydrogen (secondary N) is 3. The lowest BCUT2D eigenvalue weighted by atomic mass is 9.93. The third kappa shape index (κ3) is 5.74. The molecule has 182 valence electrons. The normalized spacial score (nSPS) is 24.1. The minimum Gasteiger partial charge on any atom is -0.322 e. The summed E-state index contributed by atoms with van der Waals surface area (Å²) in [5, 5.41) is 10.1. The summed E-state index contributed by atoms with van der Waals surface area (Å²) in [6.45, 7) is 0.995. The van der Waals surface area contributed by atoms with Crippen molar-refractivity contribution < 1.29 is 18.0 Å². The molecule has 4 nitrogen and oxygen atoms in total. The molecule has 1 saturated heterocycles. The minimum atomic E-state index is -4.48. The van der Waals surface area contributed by atoms with Gasteiger partial charge >= 0.3 is 6.18 Å². The summed E-state index contributed by atoms with van der Waals surface area (Å²) in [7, 11) is 0. The number of rotatable bonds is 6. The number of alkyl halides is 3. The summed E-state index contributed by atoms with van der Waals surface area (Å²) < 4.78 is 38.8. The minimum absolute atomic E-state index is 0.0221. The topological polar surface area (TPSA) is 53.2 Å². The van der Waals surface area contributed by atoms with E-state index in [9.17, 15) is 18.0 Å². The highest BCUT2D eigenvalue weighted by Crippen LogP contribution is 2.42. The number of halogens is 3. The highest BCUT2D eigenvalue weighted by Gasteiger charge is 2.40. The van der Waals surface area contributed by atoms with Gasteiger partial charge in [0, 0.05) is 35.3 Å². The molecule has 0 spiro atoms. The molecule has 2 unspecified atom stereocenters. The molecular weight excluding hydrogens is 451 g/mol. The fraction of sp³-hybridized carbons (Fsp3) is 0.321. The molecule has 5 rings (SSSR count). The van der Waals surface area contributed by atoms with Crippen LogP contribution < -0.4 is 16.0 Å². The Morgan fingerprint density at radius 2 is 1.66 bits per heavy atom. The molecule has 4 atom stereocenters. The third-order valence-corrected chi connectivity index (χ3v) is 6.89. The average molecular weight is 480 g/mol. The predicted molar refractivity (Wildman–Crippen MR) is 130 cm³/mol. The number of piperidine rings is 1. The van der Waals surface area contributed by atoms with E-state index in [4.69, 9.17) is 0 Å². The molecule has 1 aliphatic heterocycles. The largest absolute Gasteiger partial charge is 0.416 e. The number of hydrogen-bond donors (Lipinski definition) is 3. The van der Waals surface area contributed by atoms with Crippen LogP contribution >= 0.6 is 0 Å². The molecule has 1 amide bonds. The summed E-state index contributed by atoms with van der Waals surface area (Å²) in [4.78, 5) is 12.4. The quantitative estimate of drug-likeness (QED) is 0.413. The van der Waals surface area contributed by atoms with Gasteiger partial charge in [-0.25, -0.2) is 0 Å². The van der Waals surface area contributed by atoms with Gasteiger partial charge in [0.15, 0.2) is 0 Å². The maximum Gasteiger partial charge on any atom is 0.416 e. The Morgan fingerprint density at radius 1 is 0.886 bits per heavy atom. The molecule has 2 aliphatic rings. The zero-order chi connectivity index (χ0) is 24.4. The first-order valence-electron chi connectivity index (χ1n) is 12.0. The van der Waals surface area contributed by atoms with Gasteiger partial charge < -0.3 is 16.0 Å². The molecule has 1 saturated carbocycles. The van der Waals surface area contributed by atoms with Crippen molar-refractivity contribution in [3.8, 4) is 0 Å². The molecule has 0 aromatic heterocycles. The van der Waals surface area contributed by atoms with Gasteiger partial charge in [-0.3, -0.25) is 4.79 Å². The van der Waals surface area contributed by atoms with Gasteiger partial charge in [-0.2, -0.15) is 13.2 Å². The third-order valence-electron chi connectivity index (χ3n) is 6.89. The van der Waals surface area contributed by atoms with E-state index in [1.54, 1.807) is 0 Å². The molecule has 1 heterocycles. The van der Waals surface area contributed by atoms with Crippen LogP contribution in [-0.2, 0) is 6.18 Å². The lowest BCUT2D eigenvalue weighted by Gasteiger charge is -2.31. The van der Waals surface area contributed by atoms with Crippen molar-refractivity contribution in [3.63, 3.8) is 0 Å². The van der Waals surface area contributed by atoms with Crippen molar-refractivity contribution in [2.75, 3.05) is 11.9 Å². The Kier molecular flexibility index (Phi) is 6.62. The first-order chi connectivity index (χ1) is 16.9. The first kappa shape index (κ1) is 23.6. The van der Waals surface area contributed by atoms with Crippen LogP contribution in [0.25, 0.3) is 0 Å². The van der Waals surface area contributed by atoms with Crippen molar-refractivity contribution in [2.45, 2.75) is 49.5 Å². The molecule has 1 aliphatic carbocycles. The highest BCUT2D eigenvalue weighted by molar-refractivity contribution is 6.04. The summed E-state index contributed by atoms with van der Waals surface area (Å²) in [6.07, 6.45) is -1.24. The number of carbonyl (C=O) groups is 1. The molecule has 3 N–H and O–H groups in total. The molecule has 3 aromatic carbocycles. The van der Waals surface area contributed by atoms with E-state index in [-0.39, 0.29) is 5.56 Å². The molecule has 35 heavy (non-hydrogen) atoms. The first-order valence-corrected chi connectivity index (χ1v) is 12.0. The molecule has 7 heteroatoms. The van der Waals surface area contributed by atoms with Crippen molar-refractivity contribution in [1.82, 2.24) is 10.6 Å². The van der Waals surface area contributed by atoms with E-state index in [1.807, 2.05) is 30.3 Å². The highest BCUT2D eigenvalue weighted by atomic mass is 19.4. The number of hydrogen-bond acceptors (Lipinski definition) is 3. The van der Waals surface area contributed by atoms with E-state index in [2.05, 4.69) is 40.2 Å². The number of carbonyl (C=O) groups excluding carboxylic acids is 1. The van der Waals surface area contributed by atoms with Crippen LogP contribution in [-0.4, -0.2) is 24.5 Å². The Labute approximate surface area is 202 Å². The number of anilines is 1. The lowest BCUT2D eigenvalue weighted by molar-refractivity contribution is -0.137. The summed E-state index contributed by atoms with van der Waals surface area (Å²) in [6, 6.07) is 23.9. The molecule has 3 aromatic rings. The van der Waals surface area contributed by atoms with E-state index < -0.39 is 17.6 Å². The maximum atomic E-state index is 12.9. The van der Waals surface area contributed by atoms with E-state index in [0.717, 1.165) is 37.9 Å². The number of amides is 1. The van der Waals surface area contributed by atoms with Gasteiger partial charge in [0.2, 0.25) is 0 Å². The van der Waals surface area contributed by atoms with Crippen LogP contribution in [0.3, 0.4) is 0 Å².